The SMILES string of the molecule is COc1cc(C(F)(F)CCO)ccc1Br. The molecule has 0 atom stereocenters. The van der Waals surface area contributed by atoms with E-state index < -0.39 is 19.0 Å². The van der Waals surface area contributed by atoms with Crippen molar-refractivity contribution in [3.8, 4) is 5.75 Å². The molecule has 0 heterocycles. The zero-order valence-electron chi connectivity index (χ0n) is 8.14. The highest BCUT2D eigenvalue weighted by atomic mass is 79.9. The van der Waals surface area contributed by atoms with Gasteiger partial charge in [0.15, 0.2) is 0 Å². The molecule has 0 aromatic heterocycles. The normalized spacial score (nSPS) is 11.5. The van der Waals surface area contributed by atoms with Crippen LogP contribution in [0.25, 0.3) is 0 Å². The van der Waals surface area contributed by atoms with Gasteiger partial charge >= 0.3 is 0 Å². The van der Waals surface area contributed by atoms with Crippen molar-refractivity contribution in [2.45, 2.75) is 12.3 Å². The number of halogens is 3. The highest BCUT2D eigenvalue weighted by Gasteiger charge is 2.31. The number of aliphatic hydroxyl groups excluding tert-OH is 1. The summed E-state index contributed by atoms with van der Waals surface area (Å²) in [5.41, 5.74) is -0.156. The molecule has 1 rings (SSSR count). The van der Waals surface area contributed by atoms with Gasteiger partial charge in [-0.25, -0.2) is 8.78 Å². The minimum Gasteiger partial charge on any atom is -0.496 e. The van der Waals surface area contributed by atoms with Crippen LogP contribution in [0.5, 0.6) is 5.75 Å². The maximum atomic E-state index is 13.4. The van der Waals surface area contributed by atoms with Crippen LogP contribution < -0.4 is 4.74 Å². The Morgan fingerprint density at radius 3 is 2.67 bits per heavy atom. The van der Waals surface area contributed by atoms with E-state index in [-0.39, 0.29) is 5.56 Å². The molecule has 0 saturated heterocycles. The second-order valence-corrected chi connectivity index (χ2v) is 3.88. The third-order valence-corrected chi connectivity index (χ3v) is 2.65. The molecule has 0 saturated carbocycles. The average molecular weight is 281 g/mol. The standard InChI is InChI=1S/C10H11BrF2O2/c1-15-9-6-7(2-3-8(9)11)10(12,13)4-5-14/h2-3,6,14H,4-5H2,1H3. The van der Waals surface area contributed by atoms with Crippen LogP contribution >= 0.6 is 15.9 Å². The molecular formula is C10H11BrF2O2. The van der Waals surface area contributed by atoms with Crippen molar-refractivity contribution in [1.82, 2.24) is 0 Å². The molecule has 0 unspecified atom stereocenters. The van der Waals surface area contributed by atoms with Gasteiger partial charge in [0, 0.05) is 18.6 Å². The molecule has 0 fully saturated rings. The van der Waals surface area contributed by atoms with Gasteiger partial charge < -0.3 is 9.84 Å². The van der Waals surface area contributed by atoms with E-state index in [1.165, 1.54) is 25.3 Å². The van der Waals surface area contributed by atoms with Crippen LogP contribution in [0.4, 0.5) is 8.78 Å². The van der Waals surface area contributed by atoms with E-state index in [1.807, 2.05) is 0 Å². The van der Waals surface area contributed by atoms with E-state index in [9.17, 15) is 8.78 Å². The van der Waals surface area contributed by atoms with Gasteiger partial charge in [-0.2, -0.15) is 0 Å². The Balaban J connectivity index is 3.04. The predicted octanol–water partition coefficient (Wildman–Crippen LogP) is 2.93. The first-order valence-electron chi connectivity index (χ1n) is 4.34. The molecule has 15 heavy (non-hydrogen) atoms. The maximum Gasteiger partial charge on any atom is 0.275 e. The number of rotatable bonds is 4. The van der Waals surface area contributed by atoms with Crippen LogP contribution in [0.15, 0.2) is 22.7 Å². The van der Waals surface area contributed by atoms with E-state index in [0.717, 1.165) is 0 Å². The number of benzene rings is 1. The largest absolute Gasteiger partial charge is 0.496 e. The second-order valence-electron chi connectivity index (χ2n) is 3.03. The minimum absolute atomic E-state index is 0.156. The third-order valence-electron chi connectivity index (χ3n) is 2.00. The fourth-order valence-electron chi connectivity index (χ4n) is 1.17. The number of aliphatic hydroxyl groups is 1. The average Bonchev–Trinajstić information content (AvgIpc) is 2.18. The third kappa shape index (κ3) is 2.89. The smallest absolute Gasteiger partial charge is 0.275 e. The van der Waals surface area contributed by atoms with Crippen molar-refractivity contribution in [2.75, 3.05) is 13.7 Å². The summed E-state index contributed by atoms with van der Waals surface area (Å²) in [4.78, 5) is 0. The summed E-state index contributed by atoms with van der Waals surface area (Å²) in [6.07, 6.45) is -0.586. The van der Waals surface area contributed by atoms with Crippen LogP contribution in [0, 0.1) is 0 Å². The molecule has 0 radical (unpaired) electrons. The molecule has 1 aromatic rings. The summed E-state index contributed by atoms with van der Waals surface area (Å²) in [6.45, 7) is -0.550. The van der Waals surface area contributed by atoms with Crippen molar-refractivity contribution in [3.05, 3.63) is 28.2 Å². The van der Waals surface area contributed by atoms with Gasteiger partial charge in [-0.3, -0.25) is 0 Å². The fourth-order valence-corrected chi connectivity index (χ4v) is 1.58. The Kier molecular flexibility index (Phi) is 4.04. The van der Waals surface area contributed by atoms with Gasteiger partial charge in [0.1, 0.15) is 5.75 Å². The molecule has 2 nitrogen and oxygen atoms in total. The van der Waals surface area contributed by atoms with Crippen LogP contribution in [0.1, 0.15) is 12.0 Å². The van der Waals surface area contributed by atoms with Gasteiger partial charge in [-0.05, 0) is 28.1 Å². The first-order chi connectivity index (χ1) is 7.01. The lowest BCUT2D eigenvalue weighted by atomic mass is 10.1. The Morgan fingerprint density at radius 1 is 1.47 bits per heavy atom. The monoisotopic (exact) mass is 280 g/mol. The summed E-state index contributed by atoms with van der Waals surface area (Å²) >= 11 is 3.18. The van der Waals surface area contributed by atoms with E-state index in [1.54, 1.807) is 0 Å². The van der Waals surface area contributed by atoms with Crippen molar-refractivity contribution in [1.29, 1.82) is 0 Å². The van der Waals surface area contributed by atoms with Crippen LogP contribution in [-0.2, 0) is 5.92 Å². The first-order valence-corrected chi connectivity index (χ1v) is 5.13. The number of alkyl halides is 2. The molecule has 0 aliphatic heterocycles. The lowest BCUT2D eigenvalue weighted by Crippen LogP contribution is -2.15. The Morgan fingerprint density at radius 2 is 2.13 bits per heavy atom. The summed E-state index contributed by atoms with van der Waals surface area (Å²) in [5, 5.41) is 8.52. The maximum absolute atomic E-state index is 13.4. The summed E-state index contributed by atoms with van der Waals surface area (Å²) in [6, 6.07) is 4.07. The molecule has 0 bridgehead atoms. The molecule has 1 N–H and O–H groups in total. The topological polar surface area (TPSA) is 29.5 Å². The summed E-state index contributed by atoms with van der Waals surface area (Å²) < 4.78 is 32.3. The van der Waals surface area contributed by atoms with Gasteiger partial charge in [-0.1, -0.05) is 6.07 Å². The van der Waals surface area contributed by atoms with Crippen LogP contribution in [0.3, 0.4) is 0 Å². The van der Waals surface area contributed by atoms with Crippen LogP contribution in [0.2, 0.25) is 0 Å². The summed E-state index contributed by atoms with van der Waals surface area (Å²) in [7, 11) is 1.41. The Bertz CT molecular complexity index is 342. The molecule has 0 aliphatic rings. The first kappa shape index (κ1) is 12.4. The van der Waals surface area contributed by atoms with Crippen molar-refractivity contribution >= 4 is 15.9 Å². The van der Waals surface area contributed by atoms with Gasteiger partial charge in [0.25, 0.3) is 5.92 Å². The van der Waals surface area contributed by atoms with Crippen molar-refractivity contribution in [2.24, 2.45) is 0 Å². The summed E-state index contributed by atoms with van der Waals surface area (Å²) in [5.74, 6) is -2.67. The molecule has 1 aromatic carbocycles. The highest BCUT2D eigenvalue weighted by molar-refractivity contribution is 9.10. The molecule has 0 aliphatic carbocycles. The van der Waals surface area contributed by atoms with E-state index >= 15 is 0 Å². The predicted molar refractivity (Wildman–Crippen MR) is 56.3 cm³/mol. The molecule has 5 heteroatoms. The number of methoxy groups -OCH3 is 1. The molecule has 0 spiro atoms. The van der Waals surface area contributed by atoms with Gasteiger partial charge in [0.2, 0.25) is 0 Å². The fraction of sp³-hybridized carbons (Fsp3) is 0.400. The Hall–Kier alpha value is -0.680. The van der Waals surface area contributed by atoms with Gasteiger partial charge in [0.05, 0.1) is 11.6 Å². The molecule has 84 valence electrons. The second kappa shape index (κ2) is 4.90. The van der Waals surface area contributed by atoms with E-state index in [2.05, 4.69) is 15.9 Å². The molecule has 0 amide bonds. The lowest BCUT2D eigenvalue weighted by Gasteiger charge is -2.16. The Labute approximate surface area is 95.0 Å². The van der Waals surface area contributed by atoms with Crippen LogP contribution in [-0.4, -0.2) is 18.8 Å². The number of hydrogen-bond donors (Lipinski definition) is 1. The van der Waals surface area contributed by atoms with Crippen molar-refractivity contribution < 1.29 is 18.6 Å². The minimum atomic E-state index is -3.03. The molecular weight excluding hydrogens is 270 g/mol. The quantitative estimate of drug-likeness (QED) is 0.919. The number of ether oxygens (including phenoxy) is 1. The van der Waals surface area contributed by atoms with Crippen molar-refractivity contribution in [3.63, 3.8) is 0 Å². The lowest BCUT2D eigenvalue weighted by molar-refractivity contribution is -0.0271. The highest BCUT2D eigenvalue weighted by Crippen LogP contribution is 2.35. The zero-order valence-corrected chi connectivity index (χ0v) is 9.72. The van der Waals surface area contributed by atoms with E-state index in [0.29, 0.717) is 10.2 Å². The zero-order chi connectivity index (χ0) is 11.5. The van der Waals surface area contributed by atoms with E-state index in [4.69, 9.17) is 9.84 Å². The van der Waals surface area contributed by atoms with Gasteiger partial charge in [-0.15, -0.1) is 0 Å². The number of hydrogen-bond acceptors (Lipinski definition) is 2.